The van der Waals surface area contributed by atoms with Crippen LogP contribution < -0.4 is 0 Å². The van der Waals surface area contributed by atoms with Crippen molar-refractivity contribution in [2.24, 2.45) is 10.8 Å². The molecule has 2 fully saturated rings. The minimum atomic E-state index is 0.174. The number of carbonyl (C=O) groups is 1. The number of carbonyl (C=O) groups excluding carboxylic acids is 1. The van der Waals surface area contributed by atoms with Gasteiger partial charge < -0.3 is 0 Å². The van der Waals surface area contributed by atoms with Gasteiger partial charge in [-0.15, -0.1) is 0 Å². The second-order valence-corrected chi connectivity index (χ2v) is 3.17. The number of fused-ring (bicyclic) bond motifs is 1. The van der Waals surface area contributed by atoms with E-state index in [4.69, 9.17) is 0 Å². The summed E-state index contributed by atoms with van der Waals surface area (Å²) in [6.45, 7) is 4.10. The summed E-state index contributed by atoms with van der Waals surface area (Å²) in [4.78, 5) is 10.6. The Hall–Kier alpha value is -0.330. The van der Waals surface area contributed by atoms with E-state index in [0.29, 0.717) is 5.78 Å². The maximum absolute atomic E-state index is 10.6. The minimum absolute atomic E-state index is 0.174. The van der Waals surface area contributed by atoms with Gasteiger partial charge in [0.15, 0.2) is 0 Å². The van der Waals surface area contributed by atoms with E-state index in [1.165, 1.54) is 0 Å². The van der Waals surface area contributed by atoms with E-state index in [-0.39, 0.29) is 10.8 Å². The van der Waals surface area contributed by atoms with Crippen molar-refractivity contribution in [1.29, 1.82) is 0 Å². The number of rotatable bonds is 0. The molecule has 2 unspecified atom stereocenters. The average Bonchev–Trinajstić information content (AvgIpc) is 2.24. The summed E-state index contributed by atoms with van der Waals surface area (Å²) in [7, 11) is 0. The van der Waals surface area contributed by atoms with Gasteiger partial charge in [-0.05, 0) is 6.42 Å². The van der Waals surface area contributed by atoms with E-state index in [0.717, 1.165) is 6.42 Å². The van der Waals surface area contributed by atoms with Crippen LogP contribution in [0.3, 0.4) is 0 Å². The van der Waals surface area contributed by atoms with Crippen LogP contribution >= 0.6 is 0 Å². The average molecular weight is 96.1 g/mol. The molecule has 1 nitrogen and oxygen atoms in total. The molecule has 0 saturated heterocycles. The van der Waals surface area contributed by atoms with Gasteiger partial charge in [0, 0.05) is 10.8 Å². The van der Waals surface area contributed by atoms with Crippen molar-refractivity contribution < 1.29 is 4.79 Å². The van der Waals surface area contributed by atoms with E-state index >= 15 is 0 Å². The van der Waals surface area contributed by atoms with Crippen LogP contribution in [0.15, 0.2) is 0 Å². The van der Waals surface area contributed by atoms with Crippen LogP contribution in [0.2, 0.25) is 0 Å². The highest BCUT2D eigenvalue weighted by Gasteiger charge is 2.86. The molecule has 0 radical (unpaired) electrons. The smallest absolute Gasteiger partial charge is 0.146 e. The molecule has 0 N–H and O–H groups in total. The van der Waals surface area contributed by atoms with Crippen molar-refractivity contribution in [3.05, 3.63) is 0 Å². The highest BCUT2D eigenvalue weighted by Crippen LogP contribution is 2.81. The lowest BCUT2D eigenvalue weighted by atomic mass is 10.2. The molecule has 1 heteroatoms. The van der Waals surface area contributed by atoms with Gasteiger partial charge in [0.2, 0.25) is 0 Å². The Morgan fingerprint density at radius 3 is 1.71 bits per heavy atom. The van der Waals surface area contributed by atoms with Gasteiger partial charge in [0.05, 0.1) is 0 Å². The van der Waals surface area contributed by atoms with Crippen molar-refractivity contribution >= 4 is 5.78 Å². The van der Waals surface area contributed by atoms with Crippen LogP contribution in [0.25, 0.3) is 0 Å². The van der Waals surface area contributed by atoms with Crippen LogP contribution in [0.5, 0.6) is 0 Å². The van der Waals surface area contributed by atoms with Gasteiger partial charge in [0.1, 0.15) is 5.78 Å². The van der Waals surface area contributed by atoms with Crippen molar-refractivity contribution in [3.63, 3.8) is 0 Å². The lowest BCUT2D eigenvalue weighted by Crippen LogP contribution is -1.92. The van der Waals surface area contributed by atoms with Gasteiger partial charge in [-0.2, -0.15) is 0 Å². The van der Waals surface area contributed by atoms with Crippen LogP contribution in [0.1, 0.15) is 20.3 Å². The summed E-state index contributed by atoms with van der Waals surface area (Å²) < 4.78 is 0. The SMILES string of the molecule is CC12CC1(C)C2=O. The molecule has 2 saturated carbocycles. The van der Waals surface area contributed by atoms with Crippen molar-refractivity contribution in [2.75, 3.05) is 0 Å². The summed E-state index contributed by atoms with van der Waals surface area (Å²) in [5.74, 6) is 0.486. The standard InChI is InChI=1S/C6H8O/c1-5-3-6(5,2)4(5)7/h3H2,1-2H3. The molecule has 0 bridgehead atoms. The Labute approximate surface area is 42.7 Å². The number of Topliss-reactive ketones (excluding diaryl/α,β-unsaturated/α-hetero) is 1. The number of hydrogen-bond acceptors (Lipinski definition) is 1. The molecule has 2 aliphatic carbocycles. The third-order valence-electron chi connectivity index (χ3n) is 2.74. The zero-order valence-electron chi connectivity index (χ0n) is 4.62. The molecule has 7 heavy (non-hydrogen) atoms. The molecule has 0 amide bonds. The Kier molecular flexibility index (Phi) is 0.262. The Morgan fingerprint density at radius 1 is 1.43 bits per heavy atom. The molecule has 38 valence electrons. The quantitative estimate of drug-likeness (QED) is 0.439. The molecule has 0 aromatic heterocycles. The lowest BCUT2D eigenvalue weighted by molar-refractivity contribution is -0.116. The molecule has 0 heterocycles. The third kappa shape index (κ3) is 0.149. The van der Waals surface area contributed by atoms with Crippen molar-refractivity contribution in [2.45, 2.75) is 20.3 Å². The van der Waals surface area contributed by atoms with E-state index in [1.807, 2.05) is 0 Å². The molecule has 2 aliphatic rings. The Bertz CT molecular complexity index is 146. The fraction of sp³-hybridized carbons (Fsp3) is 0.833. The van der Waals surface area contributed by atoms with Crippen LogP contribution in [0.4, 0.5) is 0 Å². The minimum Gasteiger partial charge on any atom is -0.298 e. The van der Waals surface area contributed by atoms with Crippen molar-refractivity contribution in [1.82, 2.24) is 0 Å². The van der Waals surface area contributed by atoms with Gasteiger partial charge in [-0.1, -0.05) is 13.8 Å². The van der Waals surface area contributed by atoms with E-state index in [1.54, 1.807) is 0 Å². The van der Waals surface area contributed by atoms with E-state index in [2.05, 4.69) is 13.8 Å². The van der Waals surface area contributed by atoms with E-state index in [9.17, 15) is 4.79 Å². The first-order chi connectivity index (χ1) is 3.11. The summed E-state index contributed by atoms with van der Waals surface area (Å²) in [6, 6.07) is 0. The zero-order chi connectivity index (χ0) is 5.28. The monoisotopic (exact) mass is 96.1 g/mol. The van der Waals surface area contributed by atoms with E-state index < -0.39 is 0 Å². The van der Waals surface area contributed by atoms with Crippen molar-refractivity contribution in [3.8, 4) is 0 Å². The summed E-state index contributed by atoms with van der Waals surface area (Å²) in [6.07, 6.45) is 1.15. The highest BCUT2D eigenvalue weighted by molar-refractivity contribution is 6.15. The molecule has 2 atom stereocenters. The number of hydrogen-bond donors (Lipinski definition) is 0. The largest absolute Gasteiger partial charge is 0.298 e. The Balaban J connectivity index is 2.45. The maximum atomic E-state index is 10.6. The molecular formula is C6H8O. The third-order valence-corrected chi connectivity index (χ3v) is 2.74. The highest BCUT2D eigenvalue weighted by atomic mass is 16.2. The second-order valence-electron chi connectivity index (χ2n) is 3.17. The van der Waals surface area contributed by atoms with Gasteiger partial charge in [-0.3, -0.25) is 4.79 Å². The lowest BCUT2D eigenvalue weighted by Gasteiger charge is -1.83. The molecule has 0 aromatic carbocycles. The first-order valence-corrected chi connectivity index (χ1v) is 2.66. The topological polar surface area (TPSA) is 17.1 Å². The predicted molar refractivity (Wildman–Crippen MR) is 25.8 cm³/mol. The number of ketones is 1. The summed E-state index contributed by atoms with van der Waals surface area (Å²) >= 11 is 0. The first kappa shape index (κ1) is 3.65. The summed E-state index contributed by atoms with van der Waals surface area (Å²) in [5, 5.41) is 0. The molecule has 0 aliphatic heterocycles. The fourth-order valence-electron chi connectivity index (χ4n) is 1.49. The summed E-state index contributed by atoms with van der Waals surface area (Å²) in [5.41, 5.74) is 0.347. The van der Waals surface area contributed by atoms with Crippen LogP contribution in [-0.4, -0.2) is 5.78 Å². The molecule has 0 spiro atoms. The molecule has 0 aromatic rings. The maximum Gasteiger partial charge on any atom is 0.146 e. The van der Waals surface area contributed by atoms with Crippen LogP contribution in [0, 0.1) is 10.8 Å². The predicted octanol–water partition coefficient (Wildman–Crippen LogP) is 0.985. The fourth-order valence-corrected chi connectivity index (χ4v) is 1.49. The van der Waals surface area contributed by atoms with Gasteiger partial charge >= 0.3 is 0 Å². The zero-order valence-corrected chi connectivity index (χ0v) is 4.62. The normalized spacial score (nSPS) is 64.6. The van der Waals surface area contributed by atoms with Crippen LogP contribution in [-0.2, 0) is 4.79 Å². The Morgan fingerprint density at radius 2 is 1.71 bits per heavy atom. The molecule has 2 rings (SSSR count). The molecular weight excluding hydrogens is 88.1 g/mol. The van der Waals surface area contributed by atoms with Gasteiger partial charge in [0.25, 0.3) is 0 Å². The second kappa shape index (κ2) is 0.504. The van der Waals surface area contributed by atoms with Gasteiger partial charge in [-0.25, -0.2) is 0 Å². The first-order valence-electron chi connectivity index (χ1n) is 2.66.